The number of imidazole rings is 1. The molecule has 55 heavy (non-hydrogen) atoms. The van der Waals surface area contributed by atoms with E-state index < -0.39 is 12.7 Å². The molecule has 0 amide bonds. The number of phenolic OH excluding ortho intramolecular Hbond substituents is 1. The molecule has 0 aliphatic rings. The van der Waals surface area contributed by atoms with Crippen molar-refractivity contribution in [2.45, 2.75) is 52.8 Å². The molecule has 276 valence electrons. The zero-order chi connectivity index (χ0) is 41.0. The van der Waals surface area contributed by atoms with Crippen LogP contribution in [0.4, 0.5) is 0 Å². The summed E-state index contributed by atoms with van der Waals surface area (Å²) in [5, 5.41) is 11.2. The SMILES string of the molecule is [2H]C([2H])([2H])c1cc(-c2ccccc2)ccc1-n1c(-c2ccccc2O)nc2c(-c3[c-]c(-c4cc(-c5ccc(C([2H])(C)C)cc5)ccn4)cc(C(C)(C)C)c3)cccc21.[Pt]. The first-order valence-electron chi connectivity index (χ1n) is 20.2. The molecule has 0 bridgehead atoms. The molecule has 0 radical (unpaired) electrons. The third-order valence-electron chi connectivity index (χ3n) is 10.0. The van der Waals surface area contributed by atoms with E-state index in [4.69, 9.17) is 15.5 Å². The Morgan fingerprint density at radius 2 is 1.38 bits per heavy atom. The van der Waals surface area contributed by atoms with Crippen LogP contribution in [0.25, 0.3) is 72.7 Å². The normalized spacial score (nSPS) is 13.0. The fourth-order valence-electron chi connectivity index (χ4n) is 6.98. The van der Waals surface area contributed by atoms with E-state index in [-0.39, 0.29) is 37.8 Å². The summed E-state index contributed by atoms with van der Waals surface area (Å²) < 4.78 is 36.4. The molecule has 2 heterocycles. The van der Waals surface area contributed by atoms with Crippen molar-refractivity contribution in [2.24, 2.45) is 0 Å². The predicted octanol–water partition coefficient (Wildman–Crippen LogP) is 13.0. The topological polar surface area (TPSA) is 50.9 Å². The number of hydrogen-bond donors (Lipinski definition) is 1. The Morgan fingerprint density at radius 3 is 2.11 bits per heavy atom. The van der Waals surface area contributed by atoms with E-state index in [0.29, 0.717) is 28.1 Å². The summed E-state index contributed by atoms with van der Waals surface area (Å²) in [4.78, 5) is 10.1. The first-order valence-corrected chi connectivity index (χ1v) is 18.2. The molecule has 4 nitrogen and oxygen atoms in total. The maximum absolute atomic E-state index is 11.2. The van der Waals surface area contributed by atoms with Crippen LogP contribution >= 0.6 is 0 Å². The molecule has 0 aliphatic carbocycles. The number of rotatable bonds is 7. The van der Waals surface area contributed by atoms with Crippen LogP contribution < -0.4 is 0 Å². The van der Waals surface area contributed by atoms with E-state index in [0.717, 1.165) is 55.8 Å². The van der Waals surface area contributed by atoms with Gasteiger partial charge in [0.05, 0.1) is 22.3 Å². The molecule has 0 atom stereocenters. The van der Waals surface area contributed by atoms with Crippen LogP contribution in [0.2, 0.25) is 0 Å². The number of phenols is 1. The molecule has 8 aromatic rings. The molecule has 0 unspecified atom stereocenters. The molecule has 0 fully saturated rings. The van der Waals surface area contributed by atoms with Gasteiger partial charge in [-0.3, -0.25) is 9.55 Å². The number of aryl methyl sites for hydroxylation is 1. The van der Waals surface area contributed by atoms with E-state index in [1.807, 2.05) is 110 Å². The minimum atomic E-state index is -2.46. The van der Waals surface area contributed by atoms with Crippen LogP contribution in [0.15, 0.2) is 146 Å². The number of pyridine rings is 1. The number of aromatic hydroxyl groups is 1. The third kappa shape index (κ3) is 7.44. The van der Waals surface area contributed by atoms with E-state index in [1.165, 1.54) is 0 Å². The minimum Gasteiger partial charge on any atom is -0.507 e. The van der Waals surface area contributed by atoms with Crippen LogP contribution in [0, 0.1) is 12.9 Å². The molecular weight excluding hydrogens is 854 g/mol. The van der Waals surface area contributed by atoms with Gasteiger partial charge in [-0.2, -0.15) is 0 Å². The number of benzene rings is 6. The van der Waals surface area contributed by atoms with Gasteiger partial charge in [0.1, 0.15) is 11.6 Å². The van der Waals surface area contributed by atoms with E-state index in [1.54, 1.807) is 24.3 Å². The first kappa shape index (κ1) is 32.8. The number of hydrogen-bond acceptors (Lipinski definition) is 3. The van der Waals surface area contributed by atoms with Gasteiger partial charge in [0, 0.05) is 38.4 Å². The van der Waals surface area contributed by atoms with Crippen molar-refractivity contribution in [1.29, 1.82) is 0 Å². The predicted molar refractivity (Wildman–Crippen MR) is 224 cm³/mol. The zero-order valence-electron chi connectivity index (χ0n) is 35.5. The van der Waals surface area contributed by atoms with Crippen molar-refractivity contribution in [2.75, 3.05) is 0 Å². The van der Waals surface area contributed by atoms with Crippen LogP contribution in [-0.2, 0) is 26.5 Å². The van der Waals surface area contributed by atoms with E-state index >= 15 is 0 Å². The molecule has 6 aromatic carbocycles. The van der Waals surface area contributed by atoms with Gasteiger partial charge >= 0.3 is 0 Å². The molecule has 0 saturated carbocycles. The van der Waals surface area contributed by atoms with Crippen LogP contribution in [0.5, 0.6) is 5.75 Å². The van der Waals surface area contributed by atoms with Crippen molar-refractivity contribution in [3.63, 3.8) is 0 Å². The fraction of sp³-hybridized carbons (Fsp3) is 0.160. The van der Waals surface area contributed by atoms with Crippen LogP contribution in [0.3, 0.4) is 0 Å². The van der Waals surface area contributed by atoms with Gasteiger partial charge in [-0.15, -0.1) is 29.3 Å². The molecule has 0 saturated heterocycles. The van der Waals surface area contributed by atoms with Crippen molar-refractivity contribution in [3.05, 3.63) is 168 Å². The summed E-state index contributed by atoms with van der Waals surface area (Å²) >= 11 is 0. The standard InChI is InChI=1S/C50H44N3O.Pt/c1-32(2)34-19-21-36(22-20-34)38-25-26-51-44(31-38)40-28-39(29-41(30-40)50(4,5)6)42-16-12-17-46-48(42)52-49(43-15-10-11-18-47(43)54)53(46)45-24-23-37(27-33(45)3)35-13-8-7-9-14-35;/h7-27,29-32,54H,1-6H3;/q-1;/i3D3,32D;. The monoisotopic (exact) mass is 901 g/mol. The summed E-state index contributed by atoms with van der Waals surface area (Å²) in [6, 6.07) is 48.3. The second-order valence-corrected chi connectivity index (χ2v) is 15.0. The van der Waals surface area contributed by atoms with Gasteiger partial charge in [-0.05, 0) is 87.9 Å². The third-order valence-corrected chi connectivity index (χ3v) is 10.0. The van der Waals surface area contributed by atoms with Crippen molar-refractivity contribution in [3.8, 4) is 67.5 Å². The van der Waals surface area contributed by atoms with Gasteiger partial charge in [0.15, 0.2) is 0 Å². The average molecular weight is 902 g/mol. The second-order valence-electron chi connectivity index (χ2n) is 15.0. The Bertz CT molecular complexity index is 2800. The van der Waals surface area contributed by atoms with E-state index in [9.17, 15) is 5.11 Å². The molecule has 0 spiro atoms. The number of para-hydroxylation sites is 2. The van der Waals surface area contributed by atoms with Gasteiger partial charge in [0.2, 0.25) is 0 Å². The summed E-state index contributed by atoms with van der Waals surface area (Å²) in [6.45, 7) is 7.84. The van der Waals surface area contributed by atoms with Crippen molar-refractivity contribution >= 4 is 11.0 Å². The Morgan fingerprint density at radius 1 is 0.709 bits per heavy atom. The van der Waals surface area contributed by atoms with Gasteiger partial charge in [-0.1, -0.05) is 137 Å². The zero-order valence-corrected chi connectivity index (χ0v) is 33.7. The molecule has 2 aromatic heterocycles. The quantitative estimate of drug-likeness (QED) is 0.162. The second kappa shape index (κ2) is 15.3. The van der Waals surface area contributed by atoms with Crippen molar-refractivity contribution in [1.82, 2.24) is 14.5 Å². The average Bonchev–Trinajstić information content (AvgIpc) is 3.59. The molecule has 0 aliphatic heterocycles. The van der Waals surface area contributed by atoms with Crippen LogP contribution in [-0.4, -0.2) is 19.6 Å². The molecule has 8 rings (SSSR count). The molecule has 5 heteroatoms. The van der Waals surface area contributed by atoms with E-state index in [2.05, 4.69) is 57.2 Å². The summed E-state index contributed by atoms with van der Waals surface area (Å²) in [7, 11) is 0. The summed E-state index contributed by atoms with van der Waals surface area (Å²) in [5.74, 6) is -0.240. The van der Waals surface area contributed by atoms with Gasteiger partial charge in [-0.25, -0.2) is 4.98 Å². The molecular formula is C50H44N3OPt-. The first-order chi connectivity index (χ1) is 27.6. The maximum atomic E-state index is 11.2. The Hall–Kier alpha value is -5.57. The van der Waals surface area contributed by atoms with Gasteiger partial charge in [0.25, 0.3) is 0 Å². The Balaban J connectivity index is 0.00000528. The fourth-order valence-corrected chi connectivity index (χ4v) is 6.98. The minimum absolute atomic E-state index is 0. The summed E-state index contributed by atoms with van der Waals surface area (Å²) in [6.07, 6.45) is 1.82. The van der Waals surface area contributed by atoms with Gasteiger partial charge < -0.3 is 5.11 Å². The Kier molecular flexibility index (Phi) is 9.12. The van der Waals surface area contributed by atoms with Crippen molar-refractivity contribution < 1.29 is 31.7 Å². The van der Waals surface area contributed by atoms with Crippen LogP contribution in [0.1, 0.15) is 62.7 Å². The number of nitrogens with zero attached hydrogens (tertiary/aromatic N) is 3. The molecule has 1 N–H and O–H groups in total. The number of fused-ring (bicyclic) bond motifs is 1. The largest absolute Gasteiger partial charge is 0.507 e. The summed E-state index contributed by atoms with van der Waals surface area (Å²) in [5.41, 5.74) is 11.2. The smallest absolute Gasteiger partial charge is 0.148 e. The Labute approximate surface area is 344 Å². The number of aromatic nitrogens is 3. The maximum Gasteiger partial charge on any atom is 0.148 e.